The minimum Gasteiger partial charge on any atom is -0.326 e. The summed E-state index contributed by atoms with van der Waals surface area (Å²) in [6, 6.07) is 15.9. The van der Waals surface area contributed by atoms with Gasteiger partial charge in [-0.2, -0.15) is 0 Å². The minimum absolute atomic E-state index is 0.0385. The van der Waals surface area contributed by atoms with Crippen LogP contribution in [0.5, 0.6) is 0 Å². The van der Waals surface area contributed by atoms with Crippen molar-refractivity contribution in [3.05, 3.63) is 65.2 Å². The second kappa shape index (κ2) is 8.59. The second-order valence-electron chi connectivity index (χ2n) is 10.7. The molecule has 1 spiro atoms. The molecule has 0 radical (unpaired) electrons. The van der Waals surface area contributed by atoms with Gasteiger partial charge in [-0.1, -0.05) is 81.1 Å². The number of carbonyl (C=O) groups is 3. The van der Waals surface area contributed by atoms with E-state index in [0.29, 0.717) is 6.42 Å². The zero-order valence-corrected chi connectivity index (χ0v) is 20.3. The highest BCUT2D eigenvalue weighted by atomic mass is 16.2. The van der Waals surface area contributed by atoms with E-state index in [1.165, 1.54) is 0 Å². The normalized spacial score (nSPS) is 30.5. The molecule has 2 aromatic rings. The smallest absolute Gasteiger partial charge is 0.291 e. The van der Waals surface area contributed by atoms with E-state index in [9.17, 15) is 14.4 Å². The summed E-state index contributed by atoms with van der Waals surface area (Å²) >= 11 is 0. The van der Waals surface area contributed by atoms with Gasteiger partial charge in [0.05, 0.1) is 5.69 Å². The Balaban J connectivity index is 1.46. The molecule has 0 unspecified atom stereocenters. The maximum absolute atomic E-state index is 14.2. The number of para-hydroxylation sites is 1. The summed E-state index contributed by atoms with van der Waals surface area (Å²) in [6.45, 7) is 2.07. The van der Waals surface area contributed by atoms with E-state index >= 15 is 0 Å². The van der Waals surface area contributed by atoms with Crippen molar-refractivity contribution in [3.63, 3.8) is 0 Å². The lowest BCUT2D eigenvalue weighted by atomic mass is 9.76. The van der Waals surface area contributed by atoms with Crippen LogP contribution in [0.1, 0.15) is 62.1 Å². The molecule has 2 saturated heterocycles. The first-order valence-electron chi connectivity index (χ1n) is 13.3. The van der Waals surface area contributed by atoms with Crippen LogP contribution in [-0.4, -0.2) is 34.7 Å². The summed E-state index contributed by atoms with van der Waals surface area (Å²) in [5.41, 5.74) is 2.82. The molecule has 3 N–H and O–H groups in total. The number of benzene rings is 2. The molecule has 2 aromatic carbocycles. The van der Waals surface area contributed by atoms with Crippen LogP contribution in [0, 0.1) is 11.8 Å². The Kier molecular flexibility index (Phi) is 5.52. The number of fused-ring (bicyclic) bond motifs is 4. The first-order valence-corrected chi connectivity index (χ1v) is 13.3. The van der Waals surface area contributed by atoms with Crippen molar-refractivity contribution in [1.29, 1.82) is 0 Å². The Labute approximate surface area is 206 Å². The van der Waals surface area contributed by atoms with Crippen molar-refractivity contribution in [2.24, 2.45) is 11.8 Å². The first kappa shape index (κ1) is 22.5. The SMILES string of the molecule is CCc1cccc2c1NC(=O)[C@@]21[NH2+][C@H](Cc2ccccc2)[C@H]2C(=O)N(C3CCCCCC3)C(=O)[C@H]21. The Bertz CT molecular complexity index is 1170. The maximum atomic E-state index is 14.2. The number of anilines is 1. The average Bonchev–Trinajstić information content (AvgIpc) is 3.33. The molecule has 6 nitrogen and oxygen atoms in total. The average molecular weight is 473 g/mol. The molecule has 182 valence electrons. The largest absolute Gasteiger partial charge is 0.326 e. The lowest BCUT2D eigenvalue weighted by Gasteiger charge is -2.30. The number of rotatable bonds is 4. The summed E-state index contributed by atoms with van der Waals surface area (Å²) in [7, 11) is 0. The van der Waals surface area contributed by atoms with Crippen molar-refractivity contribution in [2.75, 3.05) is 5.32 Å². The molecule has 3 aliphatic heterocycles. The third kappa shape index (κ3) is 3.29. The Morgan fingerprint density at radius 2 is 1.69 bits per heavy atom. The van der Waals surface area contributed by atoms with E-state index in [-0.39, 0.29) is 29.8 Å². The van der Waals surface area contributed by atoms with Gasteiger partial charge >= 0.3 is 0 Å². The number of carbonyl (C=O) groups excluding carboxylic acids is 3. The minimum atomic E-state index is -1.09. The first-order chi connectivity index (χ1) is 17.1. The van der Waals surface area contributed by atoms with Gasteiger partial charge < -0.3 is 10.6 Å². The third-order valence-corrected chi connectivity index (χ3v) is 8.91. The predicted octanol–water partition coefficient (Wildman–Crippen LogP) is 2.91. The number of nitrogens with one attached hydrogen (secondary N) is 1. The zero-order valence-electron chi connectivity index (χ0n) is 20.3. The molecule has 1 aliphatic carbocycles. The predicted molar refractivity (Wildman–Crippen MR) is 132 cm³/mol. The van der Waals surface area contributed by atoms with Gasteiger partial charge in [0.25, 0.3) is 5.91 Å². The molecule has 0 aromatic heterocycles. The number of imide groups is 1. The van der Waals surface area contributed by atoms with E-state index in [1.54, 1.807) is 4.90 Å². The fourth-order valence-electron chi connectivity index (χ4n) is 7.32. The standard InChI is InChI=1S/C29H33N3O3/c1-2-19-13-10-16-21-25(19)30-28(35)29(21)24-23(22(31-29)17-18-11-6-5-7-12-18)26(33)32(27(24)34)20-14-8-3-4-9-15-20/h5-7,10-13,16,20,22-24,31H,2-4,8-9,14-15,17H2,1H3,(H,30,35)/p+1/t22-,23-,24+,29-/m1/s1. The third-order valence-electron chi connectivity index (χ3n) is 8.91. The van der Waals surface area contributed by atoms with Crippen LogP contribution in [-0.2, 0) is 32.8 Å². The highest BCUT2D eigenvalue weighted by Crippen LogP contribution is 2.51. The highest BCUT2D eigenvalue weighted by molar-refractivity contribution is 6.14. The van der Waals surface area contributed by atoms with Gasteiger partial charge in [-0.25, -0.2) is 0 Å². The van der Waals surface area contributed by atoms with Crippen LogP contribution in [0.15, 0.2) is 48.5 Å². The molecule has 4 atom stereocenters. The van der Waals surface area contributed by atoms with Gasteiger partial charge in [0.2, 0.25) is 17.4 Å². The monoisotopic (exact) mass is 472 g/mol. The van der Waals surface area contributed by atoms with Gasteiger partial charge in [0.1, 0.15) is 17.9 Å². The lowest BCUT2D eigenvalue weighted by Crippen LogP contribution is -2.99. The number of likely N-dealkylation sites (tertiary alicyclic amines) is 1. The number of hydrogen-bond donors (Lipinski definition) is 2. The summed E-state index contributed by atoms with van der Waals surface area (Å²) in [5.74, 6) is -1.51. The summed E-state index contributed by atoms with van der Waals surface area (Å²) < 4.78 is 0. The summed E-state index contributed by atoms with van der Waals surface area (Å²) in [4.78, 5) is 43.7. The van der Waals surface area contributed by atoms with E-state index in [4.69, 9.17) is 0 Å². The van der Waals surface area contributed by atoms with Crippen molar-refractivity contribution in [2.45, 2.75) is 75.9 Å². The van der Waals surface area contributed by atoms with Crippen LogP contribution >= 0.6 is 0 Å². The quantitative estimate of drug-likeness (QED) is 0.530. The fraction of sp³-hybridized carbons (Fsp3) is 0.483. The van der Waals surface area contributed by atoms with E-state index < -0.39 is 17.4 Å². The molecule has 35 heavy (non-hydrogen) atoms. The molecule has 0 bridgehead atoms. The number of aryl methyl sites for hydroxylation is 1. The van der Waals surface area contributed by atoms with Crippen molar-refractivity contribution in [3.8, 4) is 0 Å². The van der Waals surface area contributed by atoms with Gasteiger partial charge in [-0.05, 0) is 30.4 Å². The number of amides is 3. The van der Waals surface area contributed by atoms with Crippen LogP contribution in [0.4, 0.5) is 5.69 Å². The highest BCUT2D eigenvalue weighted by Gasteiger charge is 2.74. The topological polar surface area (TPSA) is 83.1 Å². The number of nitrogens with zero attached hydrogens (tertiary/aromatic N) is 1. The van der Waals surface area contributed by atoms with Crippen molar-refractivity contribution in [1.82, 2.24) is 4.90 Å². The molecule has 3 fully saturated rings. The summed E-state index contributed by atoms with van der Waals surface area (Å²) in [5, 5.41) is 5.20. The summed E-state index contributed by atoms with van der Waals surface area (Å²) in [6.07, 6.45) is 7.60. The van der Waals surface area contributed by atoms with Crippen molar-refractivity contribution < 1.29 is 19.7 Å². The van der Waals surface area contributed by atoms with E-state index in [2.05, 4.69) is 29.7 Å². The molecule has 3 heterocycles. The molecular weight excluding hydrogens is 438 g/mol. The Morgan fingerprint density at radius 3 is 2.40 bits per heavy atom. The van der Waals surface area contributed by atoms with E-state index in [0.717, 1.165) is 67.3 Å². The number of quaternary nitrogens is 1. The molecule has 4 aliphatic rings. The van der Waals surface area contributed by atoms with Crippen molar-refractivity contribution >= 4 is 23.4 Å². The zero-order chi connectivity index (χ0) is 24.2. The van der Waals surface area contributed by atoms with Gasteiger partial charge in [-0.3, -0.25) is 19.3 Å². The van der Waals surface area contributed by atoms with Gasteiger partial charge in [0, 0.05) is 18.0 Å². The maximum Gasteiger partial charge on any atom is 0.291 e. The number of hydrogen-bond acceptors (Lipinski definition) is 3. The second-order valence-corrected chi connectivity index (χ2v) is 10.7. The van der Waals surface area contributed by atoms with Crippen LogP contribution < -0.4 is 10.6 Å². The fourth-order valence-corrected chi connectivity index (χ4v) is 7.32. The molecular formula is C29H34N3O3+. The molecule has 6 rings (SSSR count). The van der Waals surface area contributed by atoms with Gasteiger partial charge in [0.15, 0.2) is 0 Å². The number of nitrogens with two attached hydrogens (primary N) is 1. The molecule has 3 amide bonds. The Hall–Kier alpha value is -2.99. The Morgan fingerprint density at radius 1 is 0.943 bits per heavy atom. The molecule has 1 saturated carbocycles. The van der Waals surface area contributed by atoms with Crippen LogP contribution in [0.25, 0.3) is 0 Å². The lowest BCUT2D eigenvalue weighted by molar-refractivity contribution is -0.733. The van der Waals surface area contributed by atoms with E-state index in [1.807, 2.05) is 36.4 Å². The van der Waals surface area contributed by atoms with Crippen LogP contribution in [0.2, 0.25) is 0 Å². The molecule has 6 heteroatoms. The van der Waals surface area contributed by atoms with Crippen LogP contribution in [0.3, 0.4) is 0 Å². The van der Waals surface area contributed by atoms with Gasteiger partial charge in [-0.15, -0.1) is 0 Å².